The molecule has 0 fully saturated rings. The maximum atomic E-state index is 3.39. The van der Waals surface area contributed by atoms with E-state index in [2.05, 4.69) is 190 Å². The molecule has 0 aliphatic rings. The number of halogens is 3. The van der Waals surface area contributed by atoms with Crippen LogP contribution in [0.25, 0.3) is 11.3 Å². The Kier molecular flexibility index (Phi) is 10.2. The molecule has 0 radical (unpaired) electrons. The number of hydrogen-bond donors (Lipinski definition) is 0. The number of aromatic nitrogens is 2. The number of rotatable bonds is 5. The summed E-state index contributed by atoms with van der Waals surface area (Å²) < 4.78 is 8.99. The van der Waals surface area contributed by atoms with E-state index in [1.165, 1.54) is 26.2 Å². The van der Waals surface area contributed by atoms with Crippen LogP contribution in [0.5, 0.6) is 0 Å². The predicted octanol–water partition coefficient (Wildman–Crippen LogP) is 7.57. The van der Waals surface area contributed by atoms with E-state index in [1.807, 2.05) is 0 Å². The molecule has 3 aromatic carbocycles. The number of aryl methyl sites for hydroxylation is 1. The number of nitrogens with zero attached hydrogens (tertiary/aromatic N) is 3. The molecule has 0 bridgehead atoms. The van der Waals surface area contributed by atoms with Crippen LogP contribution in [-0.2, 0) is 39.5 Å². The number of benzene rings is 3. The first-order chi connectivity index (χ1) is 14.9. The molecular weight excluding hydrogens is 859 g/mol. The minimum absolute atomic E-state index is 0.894. The van der Waals surface area contributed by atoms with Gasteiger partial charge in [0.2, 0.25) is 0 Å². The van der Waals surface area contributed by atoms with Crippen LogP contribution in [0.15, 0.2) is 95.6 Å². The second-order valence-electron chi connectivity index (χ2n) is 6.89. The van der Waals surface area contributed by atoms with E-state index in [0.29, 0.717) is 0 Å². The van der Waals surface area contributed by atoms with Gasteiger partial charge in [0.25, 0.3) is 0 Å². The second-order valence-corrected chi connectivity index (χ2v) is 13.0. The van der Waals surface area contributed by atoms with Crippen LogP contribution in [-0.4, -0.2) is 10.5 Å². The van der Waals surface area contributed by atoms with Crippen molar-refractivity contribution in [2.45, 2.75) is 13.1 Å². The maximum absolute atomic E-state index is 3.39. The van der Waals surface area contributed by atoms with Crippen molar-refractivity contribution >= 4 is 61.7 Å². The first-order valence-electron chi connectivity index (χ1n) is 9.58. The fourth-order valence-electron chi connectivity index (χ4n) is 3.06. The third-order valence-corrected chi connectivity index (χ3v) is 7.18. The van der Waals surface area contributed by atoms with Crippen molar-refractivity contribution < 1.29 is 19.4 Å². The van der Waals surface area contributed by atoms with Crippen LogP contribution in [0, 0.1) is 3.80 Å². The van der Waals surface area contributed by atoms with Gasteiger partial charge in [-0.3, -0.25) is 0 Å². The monoisotopic (exact) mass is 880 g/mol. The molecule has 0 atom stereocenters. The summed E-state index contributed by atoms with van der Waals surface area (Å²) in [5.41, 5.74) is 5.15. The van der Waals surface area contributed by atoms with Gasteiger partial charge in [0.05, 0.1) is 0 Å². The summed E-state index contributed by atoms with van der Waals surface area (Å²) in [5, 5.41) is 0. The Labute approximate surface area is 231 Å². The molecule has 1 aromatic heterocycles. The van der Waals surface area contributed by atoms with E-state index < -0.39 is 0 Å². The molecule has 0 N–H and O–H groups in total. The normalized spacial score (nSPS) is 10.7. The topological polar surface area (TPSA) is 13.1 Å². The van der Waals surface area contributed by atoms with Crippen LogP contribution in [0.3, 0.4) is 0 Å². The molecule has 31 heavy (non-hydrogen) atoms. The number of imidazole rings is 1. The SMILES string of the molecule is Brc1ccc(CN(I)I)cc1.Cn1cc(-c2ccccc2)n(Cc2ccccc2)[c]1=[Pt]. The van der Waals surface area contributed by atoms with E-state index >= 15 is 0 Å². The second kappa shape index (κ2) is 12.6. The zero-order valence-electron chi connectivity index (χ0n) is 16.9. The van der Waals surface area contributed by atoms with Crippen molar-refractivity contribution in [1.82, 2.24) is 10.5 Å². The van der Waals surface area contributed by atoms with Gasteiger partial charge in [-0.2, -0.15) is 1.33 Å². The molecule has 1 heterocycles. The first-order valence-corrected chi connectivity index (χ1v) is 13.4. The zero-order chi connectivity index (χ0) is 22.2. The van der Waals surface area contributed by atoms with E-state index in [4.69, 9.17) is 0 Å². The van der Waals surface area contributed by atoms with Crippen molar-refractivity contribution in [3.05, 3.63) is 111 Å². The quantitative estimate of drug-likeness (QED) is 0.149. The van der Waals surface area contributed by atoms with Crippen LogP contribution >= 0.6 is 61.7 Å². The molecule has 0 saturated heterocycles. The van der Waals surface area contributed by atoms with Gasteiger partial charge in [0.15, 0.2) is 0 Å². The molecule has 0 aliphatic carbocycles. The molecule has 4 rings (SSSR count). The predicted molar refractivity (Wildman–Crippen MR) is 145 cm³/mol. The van der Waals surface area contributed by atoms with Crippen molar-refractivity contribution in [2.24, 2.45) is 7.05 Å². The van der Waals surface area contributed by atoms with Gasteiger partial charge in [-0.1, -0.05) is 28.1 Å². The first kappa shape index (κ1) is 25.1. The van der Waals surface area contributed by atoms with Crippen LogP contribution < -0.4 is 0 Å². The molecule has 0 spiro atoms. The van der Waals surface area contributed by atoms with E-state index in [9.17, 15) is 0 Å². The summed E-state index contributed by atoms with van der Waals surface area (Å²) in [4.78, 5) is 0. The third-order valence-electron chi connectivity index (χ3n) is 4.55. The van der Waals surface area contributed by atoms with Crippen molar-refractivity contribution in [3.8, 4) is 11.3 Å². The standard InChI is InChI=1S/C17H16N2.C7H6BrI2N.Pt/c1-18-13-17(16-10-6-3-7-11-16)19(14-18)12-15-8-4-2-5-9-15;8-7-3-1-6(2-4-7)5-11(9)10;/h2-11,13H,12H2,1H3;1-4H,5H2;. The Balaban J connectivity index is 0.000000210. The van der Waals surface area contributed by atoms with Gasteiger partial charge >= 0.3 is 130 Å². The van der Waals surface area contributed by atoms with Crippen LogP contribution in [0.1, 0.15) is 11.1 Å². The summed E-state index contributed by atoms with van der Waals surface area (Å²) in [6, 6.07) is 29.5. The summed E-state index contributed by atoms with van der Waals surface area (Å²) in [6.07, 6.45) is 2.20. The number of hydrogen-bond acceptors (Lipinski definition) is 1. The van der Waals surface area contributed by atoms with E-state index in [0.717, 1.165) is 17.6 Å². The summed E-state index contributed by atoms with van der Waals surface area (Å²) in [6.45, 7) is 1.87. The molecule has 0 aliphatic heterocycles. The average Bonchev–Trinajstić information content (AvgIpc) is 3.05. The van der Waals surface area contributed by atoms with Gasteiger partial charge in [-0.05, 0) is 17.7 Å². The Hall–Kier alpha value is -0.542. The van der Waals surface area contributed by atoms with E-state index in [-0.39, 0.29) is 0 Å². The molecule has 0 amide bonds. The third kappa shape index (κ3) is 7.77. The molecule has 4 aromatic rings. The molecule has 7 heteroatoms. The van der Waals surface area contributed by atoms with Crippen LogP contribution in [0.4, 0.5) is 0 Å². The molecule has 164 valence electrons. The molecule has 0 saturated carbocycles. The van der Waals surface area contributed by atoms with Crippen LogP contribution in [0.2, 0.25) is 0 Å². The Morgan fingerprint density at radius 2 is 1.42 bits per heavy atom. The molecule has 3 nitrogen and oxygen atoms in total. The fourth-order valence-corrected chi connectivity index (χ4v) is 4.72. The average molecular weight is 881 g/mol. The van der Waals surface area contributed by atoms with Gasteiger partial charge in [-0.15, -0.1) is 0 Å². The van der Waals surface area contributed by atoms with Gasteiger partial charge in [-0.25, -0.2) is 0 Å². The Bertz CT molecular complexity index is 1140. The fraction of sp³-hybridized carbons (Fsp3) is 0.125. The minimum atomic E-state index is 0.894. The van der Waals surface area contributed by atoms with E-state index in [1.54, 1.807) is 0 Å². The van der Waals surface area contributed by atoms with Crippen molar-refractivity contribution in [2.75, 3.05) is 0 Å². The summed E-state index contributed by atoms with van der Waals surface area (Å²) >= 11 is 10.3. The van der Waals surface area contributed by atoms with Gasteiger partial charge in [0.1, 0.15) is 0 Å². The summed E-state index contributed by atoms with van der Waals surface area (Å²) in [5.74, 6) is 0. The van der Waals surface area contributed by atoms with Crippen molar-refractivity contribution in [3.63, 3.8) is 0 Å². The molecular formula is C24H22BrI2N3Pt. The van der Waals surface area contributed by atoms with Crippen molar-refractivity contribution in [1.29, 1.82) is 0 Å². The van der Waals surface area contributed by atoms with Gasteiger partial charge < -0.3 is 0 Å². The molecule has 0 unspecified atom stereocenters. The summed E-state index contributed by atoms with van der Waals surface area (Å²) in [7, 11) is 2.09. The Morgan fingerprint density at radius 3 is 2.00 bits per heavy atom. The van der Waals surface area contributed by atoms with Gasteiger partial charge in [0, 0.05) is 56.7 Å². The Morgan fingerprint density at radius 1 is 0.839 bits per heavy atom. The zero-order valence-corrected chi connectivity index (χ0v) is 25.0.